The Kier molecular flexibility index (Phi) is 4.18. The lowest BCUT2D eigenvalue weighted by molar-refractivity contribution is 0.372. The first kappa shape index (κ1) is 12.1. The standard InChI is InChI=1S/C12H22N2O/c1-8(2)5-6-11-10(7-9(3)4)12(13)14-15-11/h8-9H,5-7H2,1-4H3,(H2,13,14). The quantitative estimate of drug-likeness (QED) is 0.812. The minimum Gasteiger partial charge on any atom is -0.381 e. The van der Waals surface area contributed by atoms with Crippen molar-refractivity contribution in [2.75, 3.05) is 5.73 Å². The van der Waals surface area contributed by atoms with Crippen LogP contribution in [0.5, 0.6) is 0 Å². The van der Waals surface area contributed by atoms with Crippen LogP contribution < -0.4 is 5.73 Å². The van der Waals surface area contributed by atoms with Crippen molar-refractivity contribution in [3.05, 3.63) is 11.3 Å². The zero-order valence-corrected chi connectivity index (χ0v) is 10.2. The summed E-state index contributed by atoms with van der Waals surface area (Å²) in [5, 5.41) is 3.85. The molecule has 0 radical (unpaired) electrons. The van der Waals surface area contributed by atoms with Crippen molar-refractivity contribution in [3.8, 4) is 0 Å². The fourth-order valence-electron chi connectivity index (χ4n) is 1.60. The Morgan fingerprint density at radius 2 is 1.87 bits per heavy atom. The number of nitrogens with two attached hydrogens (primary N) is 1. The maximum Gasteiger partial charge on any atom is 0.170 e. The number of aryl methyl sites for hydroxylation is 1. The van der Waals surface area contributed by atoms with Gasteiger partial charge in [0.1, 0.15) is 5.76 Å². The predicted molar refractivity (Wildman–Crippen MR) is 62.6 cm³/mol. The first-order chi connectivity index (χ1) is 7.00. The van der Waals surface area contributed by atoms with Gasteiger partial charge in [0.25, 0.3) is 0 Å². The Morgan fingerprint density at radius 1 is 1.20 bits per heavy atom. The van der Waals surface area contributed by atoms with E-state index in [1.807, 2.05) is 0 Å². The van der Waals surface area contributed by atoms with Crippen LogP contribution in [0.25, 0.3) is 0 Å². The Bertz CT molecular complexity index is 303. The summed E-state index contributed by atoms with van der Waals surface area (Å²) >= 11 is 0. The monoisotopic (exact) mass is 210 g/mol. The maximum absolute atomic E-state index is 5.79. The van der Waals surface area contributed by atoms with Crippen molar-refractivity contribution in [1.82, 2.24) is 5.16 Å². The smallest absolute Gasteiger partial charge is 0.170 e. The molecule has 86 valence electrons. The SMILES string of the molecule is CC(C)CCc1onc(N)c1CC(C)C. The largest absolute Gasteiger partial charge is 0.381 e. The molecule has 3 nitrogen and oxygen atoms in total. The molecule has 0 unspecified atom stereocenters. The third kappa shape index (κ3) is 3.57. The van der Waals surface area contributed by atoms with E-state index in [-0.39, 0.29) is 0 Å². The van der Waals surface area contributed by atoms with Gasteiger partial charge in [-0.15, -0.1) is 0 Å². The highest BCUT2D eigenvalue weighted by atomic mass is 16.5. The number of rotatable bonds is 5. The van der Waals surface area contributed by atoms with E-state index in [4.69, 9.17) is 10.3 Å². The highest BCUT2D eigenvalue weighted by molar-refractivity contribution is 5.40. The first-order valence-corrected chi connectivity index (χ1v) is 5.73. The van der Waals surface area contributed by atoms with Crippen LogP contribution in [0.4, 0.5) is 5.82 Å². The second-order valence-electron chi connectivity index (χ2n) is 5.00. The number of anilines is 1. The summed E-state index contributed by atoms with van der Waals surface area (Å²) in [6.07, 6.45) is 3.03. The summed E-state index contributed by atoms with van der Waals surface area (Å²) in [4.78, 5) is 0. The molecule has 1 rings (SSSR count). The van der Waals surface area contributed by atoms with Crippen LogP contribution in [0.1, 0.15) is 45.4 Å². The van der Waals surface area contributed by atoms with E-state index in [0.29, 0.717) is 17.7 Å². The molecule has 0 atom stereocenters. The first-order valence-electron chi connectivity index (χ1n) is 5.73. The molecule has 3 heteroatoms. The second kappa shape index (κ2) is 5.19. The van der Waals surface area contributed by atoms with E-state index >= 15 is 0 Å². The molecule has 0 aliphatic rings. The summed E-state index contributed by atoms with van der Waals surface area (Å²) in [6.45, 7) is 8.78. The molecule has 0 saturated carbocycles. The van der Waals surface area contributed by atoms with Crippen LogP contribution in [0, 0.1) is 11.8 Å². The molecule has 0 bridgehead atoms. The highest BCUT2D eigenvalue weighted by Gasteiger charge is 2.14. The van der Waals surface area contributed by atoms with Crippen molar-refractivity contribution in [3.63, 3.8) is 0 Å². The molecule has 0 fully saturated rings. The van der Waals surface area contributed by atoms with Gasteiger partial charge in [0.2, 0.25) is 0 Å². The van der Waals surface area contributed by atoms with Crippen LogP contribution in [0.15, 0.2) is 4.52 Å². The number of hydrogen-bond acceptors (Lipinski definition) is 3. The average molecular weight is 210 g/mol. The van der Waals surface area contributed by atoms with E-state index in [9.17, 15) is 0 Å². The van der Waals surface area contributed by atoms with Gasteiger partial charge in [-0.3, -0.25) is 0 Å². The van der Waals surface area contributed by atoms with Crippen molar-refractivity contribution >= 4 is 5.82 Å². The second-order valence-corrected chi connectivity index (χ2v) is 5.00. The lowest BCUT2D eigenvalue weighted by atomic mass is 9.99. The third-order valence-electron chi connectivity index (χ3n) is 2.46. The fourth-order valence-corrected chi connectivity index (χ4v) is 1.60. The lowest BCUT2D eigenvalue weighted by Gasteiger charge is -2.06. The predicted octanol–water partition coefficient (Wildman–Crippen LogP) is 3.04. The maximum atomic E-state index is 5.79. The molecule has 1 aromatic heterocycles. The molecule has 0 aromatic carbocycles. The van der Waals surface area contributed by atoms with Crippen molar-refractivity contribution in [2.24, 2.45) is 11.8 Å². The summed E-state index contributed by atoms with van der Waals surface area (Å²) in [6, 6.07) is 0. The normalized spacial score (nSPS) is 11.6. The Hall–Kier alpha value is -0.990. The van der Waals surface area contributed by atoms with E-state index < -0.39 is 0 Å². The molecule has 15 heavy (non-hydrogen) atoms. The zero-order valence-electron chi connectivity index (χ0n) is 10.2. The molecule has 2 N–H and O–H groups in total. The molecular weight excluding hydrogens is 188 g/mol. The molecule has 0 saturated heterocycles. The van der Waals surface area contributed by atoms with Crippen molar-refractivity contribution < 1.29 is 4.52 Å². The van der Waals surface area contributed by atoms with Gasteiger partial charge in [0, 0.05) is 12.0 Å². The van der Waals surface area contributed by atoms with Gasteiger partial charge in [0.15, 0.2) is 5.82 Å². The van der Waals surface area contributed by atoms with E-state index in [0.717, 1.165) is 30.6 Å². The van der Waals surface area contributed by atoms with Gasteiger partial charge in [-0.2, -0.15) is 0 Å². The number of aromatic nitrogens is 1. The molecule has 0 spiro atoms. The Balaban J connectivity index is 2.70. The number of nitrogens with zero attached hydrogens (tertiary/aromatic N) is 1. The average Bonchev–Trinajstić information content (AvgIpc) is 2.44. The van der Waals surface area contributed by atoms with Gasteiger partial charge in [-0.1, -0.05) is 32.9 Å². The third-order valence-corrected chi connectivity index (χ3v) is 2.46. The molecule has 0 aliphatic heterocycles. The fraction of sp³-hybridized carbons (Fsp3) is 0.750. The molecule has 1 heterocycles. The van der Waals surface area contributed by atoms with Gasteiger partial charge in [-0.05, 0) is 24.7 Å². The topological polar surface area (TPSA) is 52.0 Å². The summed E-state index contributed by atoms with van der Waals surface area (Å²) in [5.74, 6) is 2.82. The molecule has 0 aliphatic carbocycles. The van der Waals surface area contributed by atoms with E-state index in [2.05, 4.69) is 32.9 Å². The van der Waals surface area contributed by atoms with Gasteiger partial charge >= 0.3 is 0 Å². The molecule has 1 aromatic rings. The summed E-state index contributed by atoms with van der Waals surface area (Å²) in [5.41, 5.74) is 6.91. The van der Waals surface area contributed by atoms with Crippen molar-refractivity contribution in [1.29, 1.82) is 0 Å². The Labute approximate surface area is 92.0 Å². The van der Waals surface area contributed by atoms with E-state index in [1.165, 1.54) is 0 Å². The van der Waals surface area contributed by atoms with Crippen LogP contribution in [0.2, 0.25) is 0 Å². The summed E-state index contributed by atoms with van der Waals surface area (Å²) < 4.78 is 5.27. The van der Waals surface area contributed by atoms with Crippen LogP contribution >= 0.6 is 0 Å². The highest BCUT2D eigenvalue weighted by Crippen LogP contribution is 2.22. The summed E-state index contributed by atoms with van der Waals surface area (Å²) in [7, 11) is 0. The number of hydrogen-bond donors (Lipinski definition) is 1. The van der Waals surface area contributed by atoms with Gasteiger partial charge in [-0.25, -0.2) is 0 Å². The van der Waals surface area contributed by atoms with Crippen LogP contribution in [0.3, 0.4) is 0 Å². The Morgan fingerprint density at radius 3 is 2.40 bits per heavy atom. The van der Waals surface area contributed by atoms with Crippen LogP contribution in [-0.4, -0.2) is 5.16 Å². The minimum absolute atomic E-state index is 0.572. The minimum atomic E-state index is 0.572. The molecule has 0 amide bonds. The van der Waals surface area contributed by atoms with Gasteiger partial charge < -0.3 is 10.3 Å². The lowest BCUT2D eigenvalue weighted by Crippen LogP contribution is -2.01. The van der Waals surface area contributed by atoms with Crippen LogP contribution in [-0.2, 0) is 12.8 Å². The van der Waals surface area contributed by atoms with Crippen molar-refractivity contribution in [2.45, 2.75) is 47.0 Å². The van der Waals surface area contributed by atoms with Gasteiger partial charge in [0.05, 0.1) is 0 Å². The van der Waals surface area contributed by atoms with E-state index in [1.54, 1.807) is 0 Å². The number of nitrogen functional groups attached to an aromatic ring is 1. The molecular formula is C12H22N2O. The zero-order chi connectivity index (χ0) is 11.4.